The molecule has 1 N–H and O–H groups in total. The van der Waals surface area contributed by atoms with Crippen LogP contribution in [0.25, 0.3) is 0 Å². The Bertz CT molecular complexity index is 597. The number of hydrogen-bond acceptors (Lipinski definition) is 5. The summed E-state index contributed by atoms with van der Waals surface area (Å²) in [6, 6.07) is 11.9. The fraction of sp³-hybridized carbons (Fsp3) is 0.188. The van der Waals surface area contributed by atoms with Crippen molar-refractivity contribution in [1.82, 2.24) is 0 Å². The van der Waals surface area contributed by atoms with E-state index in [1.807, 2.05) is 6.07 Å². The molecule has 21 heavy (non-hydrogen) atoms. The van der Waals surface area contributed by atoms with Crippen molar-refractivity contribution in [2.24, 2.45) is 0 Å². The second-order valence-corrected chi connectivity index (χ2v) is 4.29. The Labute approximate surface area is 122 Å². The number of hydrogen-bond donors (Lipinski definition) is 1. The SMILES string of the molecule is COc1cc(COC(=O)c2ccccc2)cc(OC)c1O. The van der Waals surface area contributed by atoms with Gasteiger partial charge in [-0.05, 0) is 29.8 Å². The van der Waals surface area contributed by atoms with E-state index in [0.717, 1.165) is 0 Å². The molecule has 0 aliphatic carbocycles. The fourth-order valence-corrected chi connectivity index (χ4v) is 1.84. The summed E-state index contributed by atoms with van der Waals surface area (Å²) < 4.78 is 15.3. The van der Waals surface area contributed by atoms with Gasteiger partial charge in [-0.1, -0.05) is 18.2 Å². The maximum Gasteiger partial charge on any atom is 0.338 e. The van der Waals surface area contributed by atoms with Gasteiger partial charge in [-0.3, -0.25) is 0 Å². The fourth-order valence-electron chi connectivity index (χ4n) is 1.84. The summed E-state index contributed by atoms with van der Waals surface area (Å²) in [4.78, 5) is 11.9. The van der Waals surface area contributed by atoms with Gasteiger partial charge in [-0.15, -0.1) is 0 Å². The molecule has 0 unspecified atom stereocenters. The standard InChI is InChI=1S/C16H16O5/c1-19-13-8-11(9-14(20-2)15(13)17)10-21-16(18)12-6-4-3-5-7-12/h3-9,17H,10H2,1-2H3. The van der Waals surface area contributed by atoms with E-state index in [4.69, 9.17) is 14.2 Å². The lowest BCUT2D eigenvalue weighted by Crippen LogP contribution is -2.05. The quantitative estimate of drug-likeness (QED) is 0.857. The first-order valence-corrected chi connectivity index (χ1v) is 6.31. The highest BCUT2D eigenvalue weighted by atomic mass is 16.5. The Hall–Kier alpha value is -2.69. The second-order valence-electron chi connectivity index (χ2n) is 4.29. The van der Waals surface area contributed by atoms with Gasteiger partial charge in [0.25, 0.3) is 0 Å². The molecule has 0 aliphatic heterocycles. The third kappa shape index (κ3) is 3.45. The van der Waals surface area contributed by atoms with Gasteiger partial charge >= 0.3 is 5.97 Å². The molecule has 0 bridgehead atoms. The number of phenols is 1. The van der Waals surface area contributed by atoms with Crippen molar-refractivity contribution in [3.8, 4) is 17.2 Å². The molecule has 0 heterocycles. The van der Waals surface area contributed by atoms with Gasteiger partial charge in [-0.2, -0.15) is 0 Å². The first-order chi connectivity index (χ1) is 10.2. The number of carbonyl (C=O) groups excluding carboxylic acids is 1. The number of rotatable bonds is 5. The number of carbonyl (C=O) groups is 1. The zero-order chi connectivity index (χ0) is 15.2. The molecule has 2 aromatic carbocycles. The van der Waals surface area contributed by atoms with E-state index in [2.05, 4.69) is 0 Å². The van der Waals surface area contributed by atoms with Gasteiger partial charge in [-0.25, -0.2) is 4.79 Å². The first-order valence-electron chi connectivity index (χ1n) is 6.31. The molecular formula is C16H16O5. The molecule has 5 heteroatoms. The molecule has 0 radical (unpaired) electrons. The molecule has 0 atom stereocenters. The third-order valence-electron chi connectivity index (χ3n) is 2.92. The molecule has 0 aromatic heterocycles. The predicted octanol–water partition coefficient (Wildman–Crippen LogP) is 2.77. The first kappa shape index (κ1) is 14.7. The van der Waals surface area contributed by atoms with Gasteiger partial charge in [0.1, 0.15) is 6.61 Å². The Kier molecular flexibility index (Phi) is 4.66. The van der Waals surface area contributed by atoms with E-state index >= 15 is 0 Å². The summed E-state index contributed by atoms with van der Waals surface area (Å²) in [7, 11) is 2.88. The highest BCUT2D eigenvalue weighted by Gasteiger charge is 2.13. The molecule has 2 aromatic rings. The number of benzene rings is 2. The molecule has 0 fully saturated rings. The van der Waals surface area contributed by atoms with Crippen molar-refractivity contribution in [2.45, 2.75) is 6.61 Å². The van der Waals surface area contributed by atoms with Crippen LogP contribution in [0.5, 0.6) is 17.2 Å². The maximum atomic E-state index is 11.9. The average Bonchev–Trinajstić information content (AvgIpc) is 2.54. The minimum atomic E-state index is -0.415. The Morgan fingerprint density at radius 1 is 1.05 bits per heavy atom. The Balaban J connectivity index is 2.11. The largest absolute Gasteiger partial charge is 0.502 e. The summed E-state index contributed by atoms with van der Waals surface area (Å²) in [6.45, 7) is 0.0563. The van der Waals surface area contributed by atoms with Gasteiger partial charge in [0.15, 0.2) is 11.5 Å². The average molecular weight is 288 g/mol. The van der Waals surface area contributed by atoms with Crippen LogP contribution in [0.1, 0.15) is 15.9 Å². The van der Waals surface area contributed by atoms with Gasteiger partial charge in [0.2, 0.25) is 5.75 Å². The van der Waals surface area contributed by atoms with Crippen molar-refractivity contribution < 1.29 is 24.1 Å². The zero-order valence-corrected chi connectivity index (χ0v) is 11.8. The lowest BCUT2D eigenvalue weighted by atomic mass is 10.2. The van der Waals surface area contributed by atoms with E-state index in [1.54, 1.807) is 36.4 Å². The minimum Gasteiger partial charge on any atom is -0.502 e. The minimum absolute atomic E-state index is 0.0563. The zero-order valence-electron chi connectivity index (χ0n) is 11.8. The number of methoxy groups -OCH3 is 2. The normalized spacial score (nSPS) is 10.0. The van der Waals surface area contributed by atoms with Crippen LogP contribution in [0.4, 0.5) is 0 Å². The van der Waals surface area contributed by atoms with Gasteiger partial charge in [0.05, 0.1) is 19.8 Å². The van der Waals surface area contributed by atoms with E-state index in [0.29, 0.717) is 11.1 Å². The highest BCUT2D eigenvalue weighted by molar-refractivity contribution is 5.89. The van der Waals surface area contributed by atoms with Crippen LogP contribution < -0.4 is 9.47 Å². The Morgan fingerprint density at radius 3 is 2.14 bits per heavy atom. The Morgan fingerprint density at radius 2 is 1.62 bits per heavy atom. The van der Waals surface area contributed by atoms with Crippen molar-refractivity contribution in [2.75, 3.05) is 14.2 Å². The maximum absolute atomic E-state index is 11.9. The lowest BCUT2D eigenvalue weighted by molar-refractivity contribution is 0.0472. The second kappa shape index (κ2) is 6.65. The van der Waals surface area contributed by atoms with E-state index < -0.39 is 5.97 Å². The monoisotopic (exact) mass is 288 g/mol. The van der Waals surface area contributed by atoms with Crippen LogP contribution in [-0.2, 0) is 11.3 Å². The van der Waals surface area contributed by atoms with Crippen molar-refractivity contribution >= 4 is 5.97 Å². The van der Waals surface area contributed by atoms with E-state index in [9.17, 15) is 9.90 Å². The molecule has 0 saturated heterocycles. The molecule has 2 rings (SSSR count). The molecule has 0 aliphatic rings. The van der Waals surface area contributed by atoms with Crippen molar-refractivity contribution in [3.05, 3.63) is 53.6 Å². The summed E-state index contributed by atoms with van der Waals surface area (Å²) >= 11 is 0. The molecule has 5 nitrogen and oxygen atoms in total. The summed E-state index contributed by atoms with van der Waals surface area (Å²) in [5, 5.41) is 9.81. The van der Waals surface area contributed by atoms with Crippen LogP contribution in [0.3, 0.4) is 0 Å². The van der Waals surface area contributed by atoms with Crippen molar-refractivity contribution in [1.29, 1.82) is 0 Å². The number of ether oxygens (including phenoxy) is 3. The highest BCUT2D eigenvalue weighted by Crippen LogP contribution is 2.37. The summed E-state index contributed by atoms with van der Waals surface area (Å²) in [5.74, 6) is 0.0277. The summed E-state index contributed by atoms with van der Waals surface area (Å²) in [5.41, 5.74) is 1.14. The van der Waals surface area contributed by atoms with Crippen LogP contribution >= 0.6 is 0 Å². The summed E-state index contributed by atoms with van der Waals surface area (Å²) in [6.07, 6.45) is 0. The number of phenolic OH excluding ortho intramolecular Hbond substituents is 1. The molecule has 0 spiro atoms. The van der Waals surface area contributed by atoms with Gasteiger partial charge in [0, 0.05) is 0 Å². The number of esters is 1. The topological polar surface area (TPSA) is 65.0 Å². The molecule has 0 saturated carbocycles. The molecule has 0 amide bonds. The van der Waals surface area contributed by atoms with Gasteiger partial charge < -0.3 is 19.3 Å². The van der Waals surface area contributed by atoms with Crippen LogP contribution in [0.2, 0.25) is 0 Å². The van der Waals surface area contributed by atoms with E-state index in [-0.39, 0.29) is 23.9 Å². The predicted molar refractivity (Wildman–Crippen MR) is 76.8 cm³/mol. The van der Waals surface area contributed by atoms with Crippen LogP contribution in [0, 0.1) is 0 Å². The molecule has 110 valence electrons. The molecular weight excluding hydrogens is 272 g/mol. The smallest absolute Gasteiger partial charge is 0.338 e. The van der Waals surface area contributed by atoms with E-state index in [1.165, 1.54) is 14.2 Å². The number of aromatic hydroxyl groups is 1. The van der Waals surface area contributed by atoms with Crippen LogP contribution in [0.15, 0.2) is 42.5 Å². The lowest BCUT2D eigenvalue weighted by Gasteiger charge is -2.11. The van der Waals surface area contributed by atoms with Crippen molar-refractivity contribution in [3.63, 3.8) is 0 Å². The third-order valence-corrected chi connectivity index (χ3v) is 2.92. The van der Waals surface area contributed by atoms with Crippen LogP contribution in [-0.4, -0.2) is 25.3 Å².